The number of hydrogen-bond acceptors (Lipinski definition) is 3. The lowest BCUT2D eigenvalue weighted by Gasteiger charge is -2.38. The molecule has 0 aromatic heterocycles. The third kappa shape index (κ3) is 3.24. The minimum absolute atomic E-state index is 0.00252. The van der Waals surface area contributed by atoms with Crippen LogP contribution in [0.2, 0.25) is 10.0 Å². The maximum Gasteiger partial charge on any atom is 0.213 e. The summed E-state index contributed by atoms with van der Waals surface area (Å²) < 4.78 is 6.44. The number of hydrogen-bond donors (Lipinski definition) is 0. The van der Waals surface area contributed by atoms with Gasteiger partial charge in [-0.05, 0) is 41.5 Å². The highest BCUT2D eigenvalue weighted by molar-refractivity contribution is 6.35. The van der Waals surface area contributed by atoms with Crippen molar-refractivity contribution in [3.8, 4) is 5.75 Å². The molecule has 2 heterocycles. The number of fused-ring (bicyclic) bond motifs is 4. The number of halogens is 2. The zero-order chi connectivity index (χ0) is 21.8. The fourth-order valence-corrected chi connectivity index (χ4v) is 5.16. The first kappa shape index (κ1) is 19.7. The van der Waals surface area contributed by atoms with Gasteiger partial charge in [0.15, 0.2) is 0 Å². The number of hydrazone groups is 1. The molecule has 3 nitrogen and oxygen atoms in total. The molecule has 4 aromatic rings. The molecule has 0 unspecified atom stereocenters. The maximum absolute atomic E-state index is 6.57. The number of benzene rings is 4. The Hall–Kier alpha value is -3.01. The van der Waals surface area contributed by atoms with Crippen molar-refractivity contribution in [2.75, 3.05) is 0 Å². The van der Waals surface area contributed by atoms with E-state index in [2.05, 4.69) is 78.7 Å². The molecule has 0 fully saturated rings. The highest BCUT2D eigenvalue weighted by Gasteiger charge is 2.42. The molecule has 2 aliphatic rings. The molecule has 0 aliphatic carbocycles. The van der Waals surface area contributed by atoms with E-state index in [4.69, 9.17) is 33.0 Å². The highest BCUT2D eigenvalue weighted by Crippen LogP contribution is 2.50. The van der Waals surface area contributed by atoms with E-state index < -0.39 is 0 Å². The van der Waals surface area contributed by atoms with Gasteiger partial charge < -0.3 is 4.74 Å². The lowest BCUT2D eigenvalue weighted by atomic mass is 9.95. The SMILES string of the molecule is Cc1ccc([C@@H]2Oc3c(Cl)cc(Cl)cc3[C@H]3CC(c4ccc5ccccc5c4)=NN32)cc1. The minimum atomic E-state index is -0.357. The van der Waals surface area contributed by atoms with Gasteiger partial charge in [0.25, 0.3) is 0 Å². The van der Waals surface area contributed by atoms with Crippen molar-refractivity contribution in [2.24, 2.45) is 5.10 Å². The van der Waals surface area contributed by atoms with Crippen molar-refractivity contribution < 1.29 is 4.74 Å². The van der Waals surface area contributed by atoms with E-state index in [0.717, 1.165) is 28.8 Å². The van der Waals surface area contributed by atoms with E-state index in [0.29, 0.717) is 15.8 Å². The predicted molar refractivity (Wildman–Crippen MR) is 131 cm³/mol. The van der Waals surface area contributed by atoms with Crippen molar-refractivity contribution >= 4 is 39.7 Å². The van der Waals surface area contributed by atoms with Crippen molar-refractivity contribution in [2.45, 2.75) is 25.6 Å². The number of aryl methyl sites for hydroxylation is 1. The van der Waals surface area contributed by atoms with Gasteiger partial charge in [-0.2, -0.15) is 5.10 Å². The van der Waals surface area contributed by atoms with E-state index in [1.165, 1.54) is 16.3 Å². The molecule has 158 valence electrons. The molecule has 5 heteroatoms. The summed E-state index contributed by atoms with van der Waals surface area (Å²) >= 11 is 12.9. The Morgan fingerprint density at radius 2 is 1.69 bits per heavy atom. The van der Waals surface area contributed by atoms with E-state index in [1.54, 1.807) is 6.07 Å². The molecule has 2 atom stereocenters. The van der Waals surface area contributed by atoms with Gasteiger partial charge in [-0.15, -0.1) is 0 Å². The van der Waals surface area contributed by atoms with Crippen LogP contribution in [0.1, 0.15) is 40.9 Å². The van der Waals surface area contributed by atoms with Gasteiger partial charge in [-0.25, -0.2) is 5.01 Å². The van der Waals surface area contributed by atoms with Crippen LogP contribution in [0.15, 0.2) is 84.0 Å². The molecule has 4 aromatic carbocycles. The Kier molecular flexibility index (Phi) is 4.63. The fraction of sp³-hybridized carbons (Fsp3) is 0.148. The quantitative estimate of drug-likeness (QED) is 0.307. The smallest absolute Gasteiger partial charge is 0.213 e. The first-order valence-corrected chi connectivity index (χ1v) is 11.4. The van der Waals surface area contributed by atoms with Gasteiger partial charge in [0.2, 0.25) is 6.23 Å². The maximum atomic E-state index is 6.57. The largest absolute Gasteiger partial charge is 0.463 e. The summed E-state index contributed by atoms with van der Waals surface area (Å²) in [7, 11) is 0. The average molecular weight is 459 g/mol. The summed E-state index contributed by atoms with van der Waals surface area (Å²) in [6.07, 6.45) is 0.401. The zero-order valence-corrected chi connectivity index (χ0v) is 18.9. The Labute approximate surface area is 196 Å². The molecule has 32 heavy (non-hydrogen) atoms. The van der Waals surface area contributed by atoms with Gasteiger partial charge in [0, 0.05) is 22.6 Å². The van der Waals surface area contributed by atoms with Crippen LogP contribution in [-0.4, -0.2) is 10.7 Å². The normalized spacial score (nSPS) is 19.3. The molecule has 0 N–H and O–H groups in total. The van der Waals surface area contributed by atoms with Gasteiger partial charge in [0.05, 0.1) is 16.8 Å². The van der Waals surface area contributed by atoms with Crippen LogP contribution in [0.5, 0.6) is 5.75 Å². The van der Waals surface area contributed by atoms with Crippen LogP contribution in [-0.2, 0) is 0 Å². The second kappa shape index (κ2) is 7.54. The summed E-state index contributed by atoms with van der Waals surface area (Å²) in [4.78, 5) is 0. The second-order valence-corrected chi connectivity index (χ2v) is 9.24. The Morgan fingerprint density at radius 1 is 0.906 bits per heavy atom. The Bertz CT molecular complexity index is 1380. The molecule has 6 rings (SSSR count). The lowest BCUT2D eigenvalue weighted by Crippen LogP contribution is -2.33. The standard InChI is InChI=1S/C27H20Cl2N2O/c1-16-6-8-18(9-7-16)27-31-25(22-13-21(28)14-23(29)26(22)32-27)15-24(30-31)20-11-10-17-4-2-3-5-19(17)12-20/h2-14,25,27H,15H2,1H3/t25-,27+/m1/s1. The van der Waals surface area contributed by atoms with E-state index in [-0.39, 0.29) is 12.3 Å². The van der Waals surface area contributed by atoms with Gasteiger partial charge in [-0.3, -0.25) is 0 Å². The number of rotatable bonds is 2. The van der Waals surface area contributed by atoms with Crippen molar-refractivity contribution in [3.05, 3.63) is 111 Å². The van der Waals surface area contributed by atoms with Crippen LogP contribution in [0.4, 0.5) is 0 Å². The molecule has 0 bridgehead atoms. The Morgan fingerprint density at radius 3 is 2.50 bits per heavy atom. The van der Waals surface area contributed by atoms with Crippen LogP contribution in [0.3, 0.4) is 0 Å². The van der Waals surface area contributed by atoms with Gasteiger partial charge in [0.1, 0.15) is 5.75 Å². The summed E-state index contributed by atoms with van der Waals surface area (Å²) in [6.45, 7) is 2.08. The van der Waals surface area contributed by atoms with Crippen molar-refractivity contribution in [1.29, 1.82) is 0 Å². The summed E-state index contributed by atoms with van der Waals surface area (Å²) in [5, 5.41) is 10.7. The third-order valence-corrected chi connectivity index (χ3v) is 6.75. The number of ether oxygens (including phenoxy) is 1. The summed E-state index contributed by atoms with van der Waals surface area (Å²) in [5.41, 5.74) is 5.38. The summed E-state index contributed by atoms with van der Waals surface area (Å²) in [6, 6.07) is 27.0. The molecule has 0 amide bonds. The van der Waals surface area contributed by atoms with Crippen molar-refractivity contribution in [1.82, 2.24) is 5.01 Å². The van der Waals surface area contributed by atoms with E-state index >= 15 is 0 Å². The predicted octanol–water partition coefficient (Wildman–Crippen LogP) is 7.70. The van der Waals surface area contributed by atoms with Crippen LogP contribution in [0.25, 0.3) is 10.8 Å². The summed E-state index contributed by atoms with van der Waals surface area (Å²) in [5.74, 6) is 0.692. The molecule has 0 saturated heterocycles. The molecule has 0 radical (unpaired) electrons. The highest BCUT2D eigenvalue weighted by atomic mass is 35.5. The lowest BCUT2D eigenvalue weighted by molar-refractivity contribution is -0.0189. The number of nitrogens with zero attached hydrogens (tertiary/aromatic N) is 2. The first-order chi connectivity index (χ1) is 15.6. The topological polar surface area (TPSA) is 24.8 Å². The van der Waals surface area contributed by atoms with Gasteiger partial charge in [-0.1, -0.05) is 89.4 Å². The molecule has 0 spiro atoms. The van der Waals surface area contributed by atoms with Crippen LogP contribution < -0.4 is 4.74 Å². The van der Waals surface area contributed by atoms with Gasteiger partial charge >= 0.3 is 0 Å². The molecular weight excluding hydrogens is 439 g/mol. The minimum Gasteiger partial charge on any atom is -0.463 e. The molecule has 2 aliphatic heterocycles. The van der Waals surface area contributed by atoms with Crippen LogP contribution >= 0.6 is 23.2 Å². The van der Waals surface area contributed by atoms with E-state index in [9.17, 15) is 0 Å². The van der Waals surface area contributed by atoms with E-state index in [1.807, 2.05) is 6.07 Å². The van der Waals surface area contributed by atoms with Crippen molar-refractivity contribution in [3.63, 3.8) is 0 Å². The Balaban J connectivity index is 1.47. The molecule has 0 saturated carbocycles. The zero-order valence-electron chi connectivity index (χ0n) is 17.4. The van der Waals surface area contributed by atoms with Crippen LogP contribution in [0, 0.1) is 6.92 Å². The third-order valence-electron chi connectivity index (χ3n) is 6.25. The first-order valence-electron chi connectivity index (χ1n) is 10.6. The average Bonchev–Trinajstić information content (AvgIpc) is 3.25. The second-order valence-electron chi connectivity index (χ2n) is 8.40. The fourth-order valence-electron chi connectivity index (χ4n) is 4.61. The monoisotopic (exact) mass is 458 g/mol. The molecular formula is C27H20Cl2N2O.